The molecule has 1 amide bonds. The molecule has 0 bridgehead atoms. The molecule has 6 heteroatoms. The molecule has 0 radical (unpaired) electrons. The fourth-order valence-electron chi connectivity index (χ4n) is 2.59. The molecule has 2 heterocycles. The van der Waals surface area contributed by atoms with E-state index in [-0.39, 0.29) is 18.3 Å². The first-order chi connectivity index (χ1) is 9.68. The van der Waals surface area contributed by atoms with Crippen molar-refractivity contribution in [2.45, 2.75) is 20.4 Å². The summed E-state index contributed by atoms with van der Waals surface area (Å²) in [6, 6.07) is 7.97. The number of halogens is 1. The van der Waals surface area contributed by atoms with E-state index in [0.717, 1.165) is 24.3 Å². The zero-order valence-corrected chi connectivity index (χ0v) is 12.9. The highest BCUT2D eigenvalue weighted by molar-refractivity contribution is 6.07. The number of carbonyl (C=O) groups excluding carboxylic acids is 1. The van der Waals surface area contributed by atoms with E-state index in [9.17, 15) is 4.79 Å². The van der Waals surface area contributed by atoms with Gasteiger partial charge in [-0.15, -0.1) is 12.4 Å². The van der Waals surface area contributed by atoms with E-state index in [0.29, 0.717) is 23.6 Å². The van der Waals surface area contributed by atoms with E-state index in [1.54, 1.807) is 13.8 Å². The Bertz CT molecular complexity index is 635. The number of aromatic nitrogens is 1. The second-order valence-electron chi connectivity index (χ2n) is 4.96. The Morgan fingerprint density at radius 2 is 2.10 bits per heavy atom. The second kappa shape index (κ2) is 6.28. The van der Waals surface area contributed by atoms with Gasteiger partial charge >= 0.3 is 0 Å². The number of benzene rings is 1. The molecule has 3 rings (SSSR count). The van der Waals surface area contributed by atoms with Gasteiger partial charge < -0.3 is 14.7 Å². The first-order valence-corrected chi connectivity index (χ1v) is 6.72. The normalized spacial score (nSPS) is 14.1. The first-order valence-electron chi connectivity index (χ1n) is 6.72. The molecule has 1 aliphatic rings. The van der Waals surface area contributed by atoms with Gasteiger partial charge in [0.15, 0.2) is 0 Å². The predicted octanol–water partition coefficient (Wildman–Crippen LogP) is 2.46. The van der Waals surface area contributed by atoms with Gasteiger partial charge in [-0.1, -0.05) is 23.4 Å². The molecule has 0 saturated carbocycles. The van der Waals surface area contributed by atoms with E-state index >= 15 is 0 Å². The quantitative estimate of drug-likeness (QED) is 0.879. The van der Waals surface area contributed by atoms with Gasteiger partial charge in [-0.25, -0.2) is 0 Å². The third-order valence-corrected chi connectivity index (χ3v) is 3.60. The summed E-state index contributed by atoms with van der Waals surface area (Å²) in [7, 11) is 0. The van der Waals surface area contributed by atoms with Gasteiger partial charge in [0.1, 0.15) is 11.3 Å². The van der Waals surface area contributed by atoms with Crippen LogP contribution in [0.15, 0.2) is 28.8 Å². The minimum atomic E-state index is -0.0441. The summed E-state index contributed by atoms with van der Waals surface area (Å²) in [6.07, 6.45) is 0. The van der Waals surface area contributed by atoms with Crippen molar-refractivity contribution >= 4 is 24.0 Å². The topological polar surface area (TPSA) is 58.4 Å². The largest absolute Gasteiger partial charge is 0.361 e. The van der Waals surface area contributed by atoms with Crippen LogP contribution < -0.4 is 10.2 Å². The summed E-state index contributed by atoms with van der Waals surface area (Å²) >= 11 is 0. The van der Waals surface area contributed by atoms with Gasteiger partial charge in [0.25, 0.3) is 5.91 Å². The fourth-order valence-corrected chi connectivity index (χ4v) is 2.59. The summed E-state index contributed by atoms with van der Waals surface area (Å²) in [6.45, 7) is 5.76. The molecule has 1 aliphatic heterocycles. The molecule has 0 fully saturated rings. The Kier molecular flexibility index (Phi) is 4.65. The molecular formula is C15H18ClN3O2. The van der Waals surface area contributed by atoms with Crippen molar-refractivity contribution < 1.29 is 9.32 Å². The van der Waals surface area contributed by atoms with Crippen LogP contribution in [0.2, 0.25) is 0 Å². The Morgan fingerprint density at radius 1 is 1.33 bits per heavy atom. The Labute approximate surface area is 129 Å². The van der Waals surface area contributed by atoms with Gasteiger partial charge in [0.05, 0.1) is 5.69 Å². The summed E-state index contributed by atoms with van der Waals surface area (Å²) in [5.74, 6) is 0.527. The van der Waals surface area contributed by atoms with Crippen molar-refractivity contribution in [2.24, 2.45) is 0 Å². The molecule has 0 atom stereocenters. The van der Waals surface area contributed by atoms with Crippen LogP contribution in [0, 0.1) is 13.8 Å². The number of aryl methyl sites for hydroxylation is 2. The van der Waals surface area contributed by atoms with E-state index in [1.165, 1.54) is 0 Å². The predicted molar refractivity (Wildman–Crippen MR) is 83.1 cm³/mol. The minimum absolute atomic E-state index is 0. The molecule has 5 nitrogen and oxygen atoms in total. The van der Waals surface area contributed by atoms with Gasteiger partial charge in [-0.05, 0) is 25.5 Å². The van der Waals surface area contributed by atoms with Crippen molar-refractivity contribution in [3.63, 3.8) is 0 Å². The third-order valence-electron chi connectivity index (χ3n) is 3.60. The molecular weight excluding hydrogens is 290 g/mol. The van der Waals surface area contributed by atoms with Crippen molar-refractivity contribution in [1.29, 1.82) is 0 Å². The first kappa shape index (κ1) is 15.5. The maximum atomic E-state index is 12.8. The van der Waals surface area contributed by atoms with Crippen molar-refractivity contribution in [1.82, 2.24) is 10.5 Å². The number of amides is 1. The zero-order chi connectivity index (χ0) is 14.1. The number of hydrogen-bond donors (Lipinski definition) is 1. The third kappa shape index (κ3) is 2.80. The highest BCUT2D eigenvalue weighted by Gasteiger charge is 2.26. The summed E-state index contributed by atoms with van der Waals surface area (Å²) in [5, 5.41) is 7.20. The Morgan fingerprint density at radius 3 is 2.81 bits per heavy atom. The Hall–Kier alpha value is -1.85. The van der Waals surface area contributed by atoms with Crippen molar-refractivity contribution in [3.05, 3.63) is 46.8 Å². The van der Waals surface area contributed by atoms with Crippen LogP contribution in [0.25, 0.3) is 0 Å². The van der Waals surface area contributed by atoms with Crippen LogP contribution in [-0.4, -0.2) is 24.2 Å². The maximum absolute atomic E-state index is 12.8. The molecule has 0 aliphatic carbocycles. The van der Waals surface area contributed by atoms with Gasteiger partial charge in [-0.3, -0.25) is 4.79 Å². The lowest BCUT2D eigenvalue weighted by Crippen LogP contribution is -2.35. The molecule has 112 valence electrons. The molecule has 1 aromatic carbocycles. The standard InChI is InChI=1S/C15H17N3O2.ClH/c1-10-14(11(2)20-17-10)15(19)18-8-7-16-9-12-5-3-4-6-13(12)18;/h3-6,16H,7-9H2,1-2H3;1H. The Balaban J connectivity index is 0.00000161. The SMILES string of the molecule is Cc1noc(C)c1C(=O)N1CCNCc2ccccc21.Cl. The minimum Gasteiger partial charge on any atom is -0.361 e. The smallest absolute Gasteiger partial charge is 0.263 e. The van der Waals surface area contributed by atoms with Crippen LogP contribution in [0.1, 0.15) is 27.4 Å². The second-order valence-corrected chi connectivity index (χ2v) is 4.96. The molecule has 1 aromatic heterocycles. The number of fused-ring (bicyclic) bond motifs is 1. The highest BCUT2D eigenvalue weighted by atomic mass is 35.5. The van der Waals surface area contributed by atoms with Crippen molar-refractivity contribution in [3.8, 4) is 0 Å². The molecule has 1 N–H and O–H groups in total. The van der Waals surface area contributed by atoms with E-state index < -0.39 is 0 Å². The summed E-state index contributed by atoms with van der Waals surface area (Å²) in [4.78, 5) is 14.6. The van der Waals surface area contributed by atoms with Gasteiger partial charge in [-0.2, -0.15) is 0 Å². The molecule has 0 saturated heterocycles. The molecule has 21 heavy (non-hydrogen) atoms. The van der Waals surface area contributed by atoms with Gasteiger partial charge in [0, 0.05) is 25.3 Å². The fraction of sp³-hybridized carbons (Fsp3) is 0.333. The lowest BCUT2D eigenvalue weighted by Gasteiger charge is -2.22. The number of carbonyl (C=O) groups is 1. The lowest BCUT2D eigenvalue weighted by molar-refractivity contribution is 0.0985. The number of hydrogen-bond acceptors (Lipinski definition) is 4. The van der Waals surface area contributed by atoms with Crippen LogP contribution >= 0.6 is 12.4 Å². The van der Waals surface area contributed by atoms with Gasteiger partial charge in [0.2, 0.25) is 0 Å². The van der Waals surface area contributed by atoms with E-state index in [1.807, 2.05) is 29.2 Å². The highest BCUT2D eigenvalue weighted by Crippen LogP contribution is 2.25. The maximum Gasteiger partial charge on any atom is 0.263 e. The lowest BCUT2D eigenvalue weighted by atomic mass is 10.1. The van der Waals surface area contributed by atoms with Crippen LogP contribution in [0.3, 0.4) is 0 Å². The molecule has 2 aromatic rings. The summed E-state index contributed by atoms with van der Waals surface area (Å²) < 4.78 is 5.11. The summed E-state index contributed by atoms with van der Waals surface area (Å²) in [5.41, 5.74) is 3.30. The number of para-hydroxylation sites is 1. The van der Waals surface area contributed by atoms with Crippen LogP contribution in [-0.2, 0) is 6.54 Å². The van der Waals surface area contributed by atoms with Crippen LogP contribution in [0.4, 0.5) is 5.69 Å². The van der Waals surface area contributed by atoms with E-state index in [4.69, 9.17) is 4.52 Å². The average molecular weight is 308 g/mol. The number of nitrogens with one attached hydrogen (secondary N) is 1. The van der Waals surface area contributed by atoms with E-state index in [2.05, 4.69) is 10.5 Å². The average Bonchev–Trinajstić information content (AvgIpc) is 2.67. The zero-order valence-electron chi connectivity index (χ0n) is 12.0. The monoisotopic (exact) mass is 307 g/mol. The number of nitrogens with zero attached hydrogens (tertiary/aromatic N) is 2. The number of anilines is 1. The number of rotatable bonds is 1. The van der Waals surface area contributed by atoms with Crippen molar-refractivity contribution in [2.75, 3.05) is 18.0 Å². The molecule has 0 spiro atoms. The van der Waals surface area contributed by atoms with Crippen LogP contribution in [0.5, 0.6) is 0 Å². The molecule has 0 unspecified atom stereocenters.